The number of nitrogens with zero attached hydrogens (tertiary/aromatic N) is 1. The maximum absolute atomic E-state index is 13.4. The summed E-state index contributed by atoms with van der Waals surface area (Å²) in [5.74, 6) is -0.287. The first-order valence-corrected chi connectivity index (χ1v) is 8.63. The van der Waals surface area contributed by atoms with Gasteiger partial charge in [0.25, 0.3) is 0 Å². The molecule has 128 valence electrons. The lowest BCUT2D eigenvalue weighted by Gasteiger charge is -2.37. The van der Waals surface area contributed by atoms with E-state index in [4.69, 9.17) is 10.5 Å². The number of nitrogens with two attached hydrogens (primary N) is 1. The minimum atomic E-state index is -0.422. The molecule has 0 spiro atoms. The SMILES string of the molecule is NC12CC1(OC(=O)N1CCc3ccccc3[C@@H]1c1ccc(F)cc1)C2. The van der Waals surface area contributed by atoms with Crippen LogP contribution in [-0.4, -0.2) is 28.7 Å². The lowest BCUT2D eigenvalue weighted by atomic mass is 9.88. The van der Waals surface area contributed by atoms with Crippen LogP contribution in [0.5, 0.6) is 0 Å². The standard InChI is InChI=1S/C20H19FN2O2/c21-15-7-5-14(6-8-15)17-16-4-2-1-3-13(16)9-10-23(17)18(24)25-20-11-19(20,22)12-20/h1-8,17H,9-12,22H2/t17-,19?,20?/m0/s1. The van der Waals surface area contributed by atoms with Crippen molar-refractivity contribution in [3.8, 4) is 0 Å². The normalized spacial score (nSPS) is 31.8. The monoisotopic (exact) mass is 338 g/mol. The van der Waals surface area contributed by atoms with Crippen LogP contribution >= 0.6 is 0 Å². The van der Waals surface area contributed by atoms with Gasteiger partial charge in [-0.2, -0.15) is 0 Å². The van der Waals surface area contributed by atoms with Crippen LogP contribution in [0.25, 0.3) is 0 Å². The van der Waals surface area contributed by atoms with Crippen LogP contribution in [0.15, 0.2) is 48.5 Å². The van der Waals surface area contributed by atoms with Gasteiger partial charge in [0.15, 0.2) is 0 Å². The van der Waals surface area contributed by atoms with Crippen molar-refractivity contribution in [2.75, 3.05) is 6.54 Å². The third kappa shape index (κ3) is 2.19. The van der Waals surface area contributed by atoms with Crippen LogP contribution in [0.1, 0.15) is 35.6 Å². The maximum Gasteiger partial charge on any atom is 0.411 e. The Balaban J connectivity index is 1.51. The fraction of sp³-hybridized carbons (Fsp3) is 0.350. The van der Waals surface area contributed by atoms with Gasteiger partial charge in [-0.25, -0.2) is 9.18 Å². The molecule has 25 heavy (non-hydrogen) atoms. The molecule has 2 N–H and O–H groups in total. The summed E-state index contributed by atoms with van der Waals surface area (Å²) in [6, 6.07) is 14.2. The van der Waals surface area contributed by atoms with Crippen molar-refractivity contribution in [2.24, 2.45) is 5.73 Å². The Morgan fingerprint density at radius 2 is 1.84 bits per heavy atom. The quantitative estimate of drug-likeness (QED) is 0.915. The van der Waals surface area contributed by atoms with Crippen molar-refractivity contribution in [1.29, 1.82) is 0 Å². The molecule has 1 heterocycles. The van der Waals surface area contributed by atoms with Crippen molar-refractivity contribution in [3.63, 3.8) is 0 Å². The van der Waals surface area contributed by atoms with Gasteiger partial charge in [-0.1, -0.05) is 36.4 Å². The van der Waals surface area contributed by atoms with Crippen LogP contribution in [0.2, 0.25) is 0 Å². The lowest BCUT2D eigenvalue weighted by molar-refractivity contribution is 0.0639. The Morgan fingerprint density at radius 1 is 1.16 bits per heavy atom. The van der Waals surface area contributed by atoms with Gasteiger partial charge in [-0.3, -0.25) is 4.90 Å². The molecule has 2 aromatic rings. The summed E-state index contributed by atoms with van der Waals surface area (Å²) in [5, 5.41) is 0. The predicted octanol–water partition coefficient (Wildman–Crippen LogP) is 3.15. The van der Waals surface area contributed by atoms with Gasteiger partial charge < -0.3 is 10.5 Å². The van der Waals surface area contributed by atoms with Gasteiger partial charge in [-0.05, 0) is 35.2 Å². The fourth-order valence-electron chi connectivity index (χ4n) is 4.05. The smallest absolute Gasteiger partial charge is 0.411 e. The van der Waals surface area contributed by atoms with Crippen LogP contribution in [-0.2, 0) is 11.2 Å². The number of amides is 1. The zero-order valence-corrected chi connectivity index (χ0v) is 13.7. The molecule has 2 aromatic carbocycles. The number of hydrogen-bond donors (Lipinski definition) is 1. The van der Waals surface area contributed by atoms with E-state index in [9.17, 15) is 9.18 Å². The minimum Gasteiger partial charge on any atom is -0.441 e. The molecule has 4 nitrogen and oxygen atoms in total. The van der Waals surface area contributed by atoms with E-state index < -0.39 is 5.60 Å². The summed E-state index contributed by atoms with van der Waals surface area (Å²) in [4.78, 5) is 14.6. The van der Waals surface area contributed by atoms with E-state index in [-0.39, 0.29) is 23.5 Å². The van der Waals surface area contributed by atoms with E-state index in [1.807, 2.05) is 18.2 Å². The van der Waals surface area contributed by atoms with Crippen LogP contribution < -0.4 is 5.73 Å². The molecule has 0 radical (unpaired) electrons. The number of ether oxygens (including phenoxy) is 1. The lowest BCUT2D eigenvalue weighted by Crippen LogP contribution is -2.41. The molecule has 0 saturated heterocycles. The topological polar surface area (TPSA) is 55.6 Å². The van der Waals surface area contributed by atoms with Crippen LogP contribution in [0.4, 0.5) is 9.18 Å². The van der Waals surface area contributed by atoms with Crippen molar-refractivity contribution in [2.45, 2.75) is 36.4 Å². The van der Waals surface area contributed by atoms with Gasteiger partial charge in [0.2, 0.25) is 0 Å². The average molecular weight is 338 g/mol. The number of benzene rings is 2. The summed E-state index contributed by atoms with van der Waals surface area (Å²) in [5.41, 5.74) is 8.52. The molecule has 1 amide bonds. The molecule has 5 rings (SSSR count). The average Bonchev–Trinajstić information content (AvgIpc) is 3.38. The van der Waals surface area contributed by atoms with E-state index in [1.165, 1.54) is 17.7 Å². The Bertz CT molecular complexity index is 858. The molecule has 2 saturated carbocycles. The second kappa shape index (κ2) is 4.82. The summed E-state index contributed by atoms with van der Waals surface area (Å²) in [6.07, 6.45) is 1.98. The summed E-state index contributed by atoms with van der Waals surface area (Å²) < 4.78 is 19.1. The van der Waals surface area contributed by atoms with Gasteiger partial charge >= 0.3 is 6.09 Å². The molecule has 0 bridgehead atoms. The third-order valence-electron chi connectivity index (χ3n) is 5.85. The Labute approximate surface area is 145 Å². The Hall–Kier alpha value is -2.40. The minimum absolute atomic E-state index is 0.265. The van der Waals surface area contributed by atoms with Crippen molar-refractivity contribution >= 4 is 6.09 Å². The molecule has 2 fully saturated rings. The van der Waals surface area contributed by atoms with Crippen molar-refractivity contribution in [3.05, 3.63) is 71.0 Å². The highest BCUT2D eigenvalue weighted by Crippen LogP contribution is 2.71. The molecular weight excluding hydrogens is 319 g/mol. The second-order valence-corrected chi connectivity index (χ2v) is 7.47. The molecule has 2 aliphatic carbocycles. The van der Waals surface area contributed by atoms with E-state index in [0.29, 0.717) is 6.54 Å². The maximum atomic E-state index is 13.4. The first-order valence-electron chi connectivity index (χ1n) is 8.63. The molecule has 1 atom stereocenters. The highest BCUT2D eigenvalue weighted by molar-refractivity contribution is 5.72. The number of fused-ring (bicyclic) bond motifs is 2. The largest absolute Gasteiger partial charge is 0.441 e. The van der Waals surface area contributed by atoms with E-state index in [0.717, 1.165) is 30.4 Å². The summed E-state index contributed by atoms with van der Waals surface area (Å²) in [6.45, 7) is 0.575. The number of carbonyl (C=O) groups excluding carboxylic acids is 1. The number of hydrogen-bond acceptors (Lipinski definition) is 3. The predicted molar refractivity (Wildman–Crippen MR) is 90.5 cm³/mol. The third-order valence-corrected chi connectivity index (χ3v) is 5.85. The first kappa shape index (κ1) is 14.9. The Kier molecular flexibility index (Phi) is 2.87. The zero-order valence-electron chi connectivity index (χ0n) is 13.7. The van der Waals surface area contributed by atoms with Gasteiger partial charge in [0.05, 0.1) is 11.6 Å². The van der Waals surface area contributed by atoms with Crippen LogP contribution in [0.3, 0.4) is 0 Å². The molecule has 0 unspecified atom stereocenters. The molecule has 0 aromatic heterocycles. The first-order chi connectivity index (χ1) is 12.0. The molecule has 1 aliphatic heterocycles. The molecule has 3 aliphatic rings. The van der Waals surface area contributed by atoms with Gasteiger partial charge in [0.1, 0.15) is 11.4 Å². The Morgan fingerprint density at radius 3 is 2.52 bits per heavy atom. The zero-order chi connectivity index (χ0) is 17.2. The summed E-state index contributed by atoms with van der Waals surface area (Å²) >= 11 is 0. The van der Waals surface area contributed by atoms with E-state index in [1.54, 1.807) is 17.0 Å². The molecule has 5 heteroatoms. The van der Waals surface area contributed by atoms with E-state index in [2.05, 4.69) is 6.07 Å². The van der Waals surface area contributed by atoms with Gasteiger partial charge in [-0.15, -0.1) is 0 Å². The van der Waals surface area contributed by atoms with Crippen molar-refractivity contribution < 1.29 is 13.9 Å². The molecular formula is C20H19FN2O2. The highest BCUT2D eigenvalue weighted by Gasteiger charge is 2.85. The van der Waals surface area contributed by atoms with Gasteiger partial charge in [0, 0.05) is 19.4 Å². The highest BCUT2D eigenvalue weighted by atomic mass is 19.1. The number of halogens is 1. The fourth-order valence-corrected chi connectivity index (χ4v) is 4.05. The second-order valence-electron chi connectivity index (χ2n) is 7.47. The van der Waals surface area contributed by atoms with Crippen molar-refractivity contribution in [1.82, 2.24) is 4.90 Å². The van der Waals surface area contributed by atoms with Crippen LogP contribution in [0, 0.1) is 5.82 Å². The van der Waals surface area contributed by atoms with E-state index >= 15 is 0 Å². The number of carbonyl (C=O) groups is 1. The summed E-state index contributed by atoms with van der Waals surface area (Å²) in [7, 11) is 0. The number of rotatable bonds is 2.